The van der Waals surface area contributed by atoms with E-state index in [1.54, 1.807) is 11.1 Å². The van der Waals surface area contributed by atoms with Gasteiger partial charge in [0.05, 0.1) is 10.5 Å². The van der Waals surface area contributed by atoms with Crippen LogP contribution in [0.5, 0.6) is 0 Å². The van der Waals surface area contributed by atoms with Crippen molar-refractivity contribution in [1.29, 1.82) is 0 Å². The van der Waals surface area contributed by atoms with Gasteiger partial charge in [0.2, 0.25) is 0 Å². The number of nitrogens with zero attached hydrogens (tertiary/aromatic N) is 3. The number of benzene rings is 5. The van der Waals surface area contributed by atoms with Crippen LogP contribution in [0.25, 0.3) is 10.1 Å². The van der Waals surface area contributed by atoms with Gasteiger partial charge in [0.25, 0.3) is 6.71 Å². The normalized spacial score (nSPS) is 28.0. The minimum Gasteiger partial charge on any atom is -0.334 e. The van der Waals surface area contributed by atoms with Crippen LogP contribution in [0.1, 0.15) is 247 Å². The maximum absolute atomic E-state index is 2.88. The summed E-state index contributed by atoms with van der Waals surface area (Å²) in [6.45, 7) is 45.3. The Bertz CT molecular complexity index is 3870. The van der Waals surface area contributed by atoms with Crippen molar-refractivity contribution >= 4 is 83.6 Å². The highest BCUT2D eigenvalue weighted by Gasteiger charge is 2.59. The zero-order valence-corrected chi connectivity index (χ0v) is 55.7. The van der Waals surface area contributed by atoms with Crippen LogP contribution in [0.4, 0.5) is 39.1 Å². The quantitative estimate of drug-likeness (QED) is 0.163. The zero-order chi connectivity index (χ0) is 59.5. The maximum Gasteiger partial charge on any atom is 0.254 e. The summed E-state index contributed by atoms with van der Waals surface area (Å²) in [5.41, 5.74) is 24.7. The minimum absolute atomic E-state index is 0.00107. The molecule has 14 rings (SSSR count). The molecule has 3 aliphatic heterocycles. The van der Waals surface area contributed by atoms with Gasteiger partial charge in [-0.05, 0) is 242 Å². The molecule has 1 saturated carbocycles. The molecule has 4 heterocycles. The Morgan fingerprint density at radius 2 is 1.05 bits per heavy atom. The molecule has 0 amide bonds. The van der Waals surface area contributed by atoms with Crippen LogP contribution in [0.15, 0.2) is 115 Å². The predicted molar refractivity (Wildman–Crippen MR) is 366 cm³/mol. The highest BCUT2D eigenvalue weighted by atomic mass is 32.1. The van der Waals surface area contributed by atoms with Gasteiger partial charge in [-0.2, -0.15) is 0 Å². The van der Waals surface area contributed by atoms with Gasteiger partial charge >= 0.3 is 0 Å². The first-order valence-electron chi connectivity index (χ1n) is 33.1. The third kappa shape index (κ3) is 8.13. The zero-order valence-electron chi connectivity index (χ0n) is 54.9. The van der Waals surface area contributed by atoms with Crippen LogP contribution in [-0.2, 0) is 37.9 Å². The van der Waals surface area contributed by atoms with Crippen LogP contribution in [0, 0.1) is 10.8 Å². The predicted octanol–water partition coefficient (Wildman–Crippen LogP) is 20.7. The van der Waals surface area contributed by atoms with Crippen molar-refractivity contribution in [3.05, 3.63) is 154 Å². The van der Waals surface area contributed by atoms with Crippen LogP contribution < -0.4 is 31.1 Å². The van der Waals surface area contributed by atoms with E-state index in [0.717, 1.165) is 25.7 Å². The summed E-state index contributed by atoms with van der Waals surface area (Å²) in [6.07, 6.45) is 27.9. The van der Waals surface area contributed by atoms with Crippen LogP contribution in [0.2, 0.25) is 0 Å². The van der Waals surface area contributed by atoms with E-state index >= 15 is 0 Å². The summed E-state index contributed by atoms with van der Waals surface area (Å²) in [7, 11) is 0. The van der Waals surface area contributed by atoms with Crippen molar-refractivity contribution in [3.8, 4) is 0 Å². The topological polar surface area (TPSA) is 9.72 Å². The Morgan fingerprint density at radius 3 is 1.73 bits per heavy atom. The van der Waals surface area contributed by atoms with E-state index in [0.29, 0.717) is 0 Å². The first kappa shape index (κ1) is 56.5. The molecule has 8 aliphatic rings. The van der Waals surface area contributed by atoms with Crippen molar-refractivity contribution in [2.75, 3.05) is 14.7 Å². The molecule has 1 fully saturated rings. The lowest BCUT2D eigenvalue weighted by Crippen LogP contribution is -2.62. The third-order valence-electron chi connectivity index (χ3n) is 24.8. The minimum atomic E-state index is -0.128. The fourth-order valence-corrected chi connectivity index (χ4v) is 19.4. The first-order valence-corrected chi connectivity index (χ1v) is 33.9. The van der Waals surface area contributed by atoms with Crippen molar-refractivity contribution in [2.45, 2.75) is 252 Å². The third-order valence-corrected chi connectivity index (χ3v) is 26.0. The van der Waals surface area contributed by atoms with E-state index < -0.39 is 0 Å². The Morgan fingerprint density at radius 1 is 0.464 bits per heavy atom. The molecule has 0 saturated heterocycles. The molecule has 0 radical (unpaired) electrons. The van der Waals surface area contributed by atoms with Gasteiger partial charge in [0.15, 0.2) is 0 Å². The number of fused-ring (bicyclic) bond motifs is 12. The van der Waals surface area contributed by atoms with Crippen LogP contribution in [0.3, 0.4) is 0 Å². The van der Waals surface area contributed by atoms with Gasteiger partial charge in [-0.25, -0.2) is 0 Å². The second-order valence-corrected chi connectivity index (χ2v) is 34.7. The number of para-hydroxylation sites is 1. The largest absolute Gasteiger partial charge is 0.334 e. The fourth-order valence-electron chi connectivity index (χ4n) is 18.1. The summed E-state index contributed by atoms with van der Waals surface area (Å²) >= 11 is 2.08. The van der Waals surface area contributed by atoms with E-state index in [9.17, 15) is 0 Å². The first-order chi connectivity index (χ1) is 39.3. The fraction of sp³-hybridized carbons (Fsp3) is 0.519. The molecule has 3 unspecified atom stereocenters. The lowest BCUT2D eigenvalue weighted by atomic mass is 9.33. The highest BCUT2D eigenvalue weighted by Crippen LogP contribution is 2.63. The summed E-state index contributed by atoms with van der Waals surface area (Å²) in [5.74, 6) is 0. The number of rotatable bonds is 4. The van der Waals surface area contributed by atoms with Gasteiger partial charge in [-0.15, -0.1) is 11.3 Å². The molecular weight excluding hydrogens is 1030 g/mol. The van der Waals surface area contributed by atoms with Gasteiger partial charge in [0, 0.05) is 49.9 Å². The van der Waals surface area contributed by atoms with Gasteiger partial charge in [-0.3, -0.25) is 0 Å². The molecule has 0 spiro atoms. The molecule has 438 valence electrons. The number of anilines is 7. The van der Waals surface area contributed by atoms with E-state index in [1.807, 2.05) is 0 Å². The van der Waals surface area contributed by atoms with E-state index in [2.05, 4.69) is 260 Å². The van der Waals surface area contributed by atoms with Gasteiger partial charge < -0.3 is 14.7 Å². The number of hydrogen-bond acceptors (Lipinski definition) is 4. The van der Waals surface area contributed by atoms with E-state index in [4.69, 9.17) is 0 Å². The molecule has 5 heteroatoms. The highest BCUT2D eigenvalue weighted by molar-refractivity contribution is 7.26. The lowest BCUT2D eigenvalue weighted by molar-refractivity contribution is 0.195. The van der Waals surface area contributed by atoms with E-state index in [1.165, 1.54) is 157 Å². The maximum atomic E-state index is 2.88. The molecule has 3 nitrogen and oxygen atoms in total. The Labute approximate surface area is 511 Å². The molecule has 1 aromatic heterocycles. The molecule has 5 aliphatic carbocycles. The molecule has 6 aromatic rings. The summed E-state index contributed by atoms with van der Waals surface area (Å²) in [4.78, 5) is 8.51. The molecule has 0 N–H and O–H groups in total. The second-order valence-electron chi connectivity index (χ2n) is 33.7. The molecule has 84 heavy (non-hydrogen) atoms. The molecule has 5 aromatic carbocycles. The SMILES string of the molecule is CCC1(C)CCC(C)(C)c2cc3sc4c(c3cc21)B1c2cc3c(cc2N(C2=C/C=C/C(C)(C)CCC(C)(C)C=C2)c2cc(N5c6ccccc6C6(C)CCCCC56C)cc(c21)N4c1ccc2c(c1)C(C)(C)CCC2(C)C)C(C)(C)CCC3(C)C. The van der Waals surface area contributed by atoms with Crippen molar-refractivity contribution < 1.29 is 0 Å². The Balaban J connectivity index is 1.17. The van der Waals surface area contributed by atoms with Crippen molar-refractivity contribution in [2.24, 2.45) is 10.8 Å². The van der Waals surface area contributed by atoms with Gasteiger partial charge in [-0.1, -0.05) is 179 Å². The van der Waals surface area contributed by atoms with Crippen LogP contribution in [-0.4, -0.2) is 12.3 Å². The number of thiophene rings is 1. The summed E-state index contributed by atoms with van der Waals surface area (Å²) in [5, 5.41) is 2.86. The lowest BCUT2D eigenvalue weighted by Gasteiger charge is -2.51. The standard InChI is InChI=1S/C79H98BN3S/c1-19-77(16)42-41-76(14,15)59-49-66-53(46-60(59)77)67-69(84-66)82(51-28-29-54-56(43-51)73(8,9)38-37-72(54,6)7)65-45-52(83-62-27-21-20-26-55(62)78(17)32-22-23-33-79(78,83)18)44-64-68(65)80(67)61-47-57-58(75(12,13)40-39-74(57,10)11)48-63(61)81(64)50-25-24-31-70(2,3)35-36-71(4,5)34-30-50/h20-21,24-31,34,43-49H,19,22-23,32-33,35-42H2,1-18H3/b31-24+,34-30?,50-25?. The average Bonchev–Trinajstić information content (AvgIpc) is 1.31. The van der Waals surface area contributed by atoms with Gasteiger partial charge in [0.1, 0.15) is 0 Å². The molecular formula is C79H98BN3S. The number of hydrogen-bond donors (Lipinski definition) is 0. The van der Waals surface area contributed by atoms with Crippen LogP contribution >= 0.6 is 11.3 Å². The number of allylic oxidation sites excluding steroid dienone is 5. The second kappa shape index (κ2) is 18.2. The monoisotopic (exact) mass is 1130 g/mol. The van der Waals surface area contributed by atoms with Crippen molar-refractivity contribution in [3.63, 3.8) is 0 Å². The smallest absolute Gasteiger partial charge is 0.254 e. The molecule has 3 atom stereocenters. The Kier molecular flexibility index (Phi) is 12.2. The Hall–Kier alpha value is -5.26. The van der Waals surface area contributed by atoms with E-state index in [-0.39, 0.29) is 61.0 Å². The average molecular weight is 1130 g/mol. The summed E-state index contributed by atoms with van der Waals surface area (Å²) < 4.78 is 1.43. The van der Waals surface area contributed by atoms with Crippen molar-refractivity contribution in [1.82, 2.24) is 0 Å². The summed E-state index contributed by atoms with van der Waals surface area (Å²) in [6, 6.07) is 33.8. The molecule has 0 bridgehead atoms.